The summed E-state index contributed by atoms with van der Waals surface area (Å²) in [6, 6.07) is 17.8. The SMILES string of the molecule is CCOc1ccccc1N1CCN(C/C(O)=C(\C#N)c2nc3ccccc3[nH]2)CC1. The number of fused-ring (bicyclic) bond motifs is 1. The van der Waals surface area contributed by atoms with Gasteiger partial charge in [-0.05, 0) is 31.2 Å². The summed E-state index contributed by atoms with van der Waals surface area (Å²) in [6.45, 7) is 6.15. The standard InChI is InChI=1S/C23H25N5O2/c1-2-30-22-10-6-5-9-20(22)28-13-11-27(12-14-28)16-21(29)17(15-24)23-25-18-7-3-4-8-19(18)26-23/h3-10,29H,2,11-14,16H2,1H3,(H,25,26)/b21-17-. The molecular weight excluding hydrogens is 378 g/mol. The number of rotatable bonds is 6. The topological polar surface area (TPSA) is 88.4 Å². The first-order chi connectivity index (χ1) is 14.7. The van der Waals surface area contributed by atoms with Crippen molar-refractivity contribution >= 4 is 22.3 Å². The van der Waals surface area contributed by atoms with Crippen molar-refractivity contribution < 1.29 is 9.84 Å². The van der Waals surface area contributed by atoms with Crippen molar-refractivity contribution in [2.45, 2.75) is 6.92 Å². The number of para-hydroxylation sites is 4. The van der Waals surface area contributed by atoms with E-state index in [-0.39, 0.29) is 11.3 Å². The van der Waals surface area contributed by atoms with Crippen molar-refractivity contribution in [3.63, 3.8) is 0 Å². The summed E-state index contributed by atoms with van der Waals surface area (Å²) in [5, 5.41) is 20.3. The van der Waals surface area contributed by atoms with Gasteiger partial charge in [0.1, 0.15) is 23.2 Å². The van der Waals surface area contributed by atoms with Crippen LogP contribution in [0, 0.1) is 11.3 Å². The second-order valence-electron chi connectivity index (χ2n) is 7.20. The molecule has 7 nitrogen and oxygen atoms in total. The van der Waals surface area contributed by atoms with Gasteiger partial charge >= 0.3 is 0 Å². The average molecular weight is 403 g/mol. The highest BCUT2D eigenvalue weighted by Crippen LogP contribution is 2.29. The molecule has 0 atom stereocenters. The van der Waals surface area contributed by atoms with Gasteiger partial charge in [0.15, 0.2) is 5.82 Å². The summed E-state index contributed by atoms with van der Waals surface area (Å²) in [5.74, 6) is 1.34. The number of nitriles is 1. The van der Waals surface area contributed by atoms with E-state index in [9.17, 15) is 10.4 Å². The normalized spacial score (nSPS) is 15.7. The molecule has 4 rings (SSSR count). The minimum Gasteiger partial charge on any atom is -0.509 e. The van der Waals surface area contributed by atoms with Crippen molar-refractivity contribution in [3.8, 4) is 11.8 Å². The Kier molecular flexibility index (Phi) is 5.87. The van der Waals surface area contributed by atoms with E-state index in [2.05, 4.69) is 31.9 Å². The second-order valence-corrected chi connectivity index (χ2v) is 7.20. The molecule has 0 bridgehead atoms. The smallest absolute Gasteiger partial charge is 0.152 e. The zero-order chi connectivity index (χ0) is 20.9. The Morgan fingerprint density at radius 2 is 1.87 bits per heavy atom. The first-order valence-corrected chi connectivity index (χ1v) is 10.2. The first-order valence-electron chi connectivity index (χ1n) is 10.2. The molecule has 2 N–H and O–H groups in total. The Morgan fingerprint density at radius 3 is 2.60 bits per heavy atom. The molecule has 1 fully saturated rings. The Bertz CT molecular complexity index is 1060. The molecule has 1 aliphatic rings. The number of aromatic nitrogens is 2. The van der Waals surface area contributed by atoms with Crippen molar-refractivity contribution in [1.29, 1.82) is 5.26 Å². The molecule has 0 amide bonds. The maximum atomic E-state index is 10.7. The van der Waals surface area contributed by atoms with Crippen molar-refractivity contribution in [2.75, 3.05) is 44.2 Å². The van der Waals surface area contributed by atoms with Crippen LogP contribution in [0.2, 0.25) is 0 Å². The number of hydrogen-bond donors (Lipinski definition) is 2. The fraction of sp³-hybridized carbons (Fsp3) is 0.304. The number of imidazole rings is 1. The molecule has 2 aromatic carbocycles. The van der Waals surface area contributed by atoms with Gasteiger partial charge in [-0.25, -0.2) is 4.98 Å². The third-order valence-corrected chi connectivity index (χ3v) is 5.28. The maximum absolute atomic E-state index is 10.7. The van der Waals surface area contributed by atoms with Gasteiger partial charge in [0.2, 0.25) is 0 Å². The van der Waals surface area contributed by atoms with E-state index < -0.39 is 0 Å². The van der Waals surface area contributed by atoms with Crippen LogP contribution in [0.15, 0.2) is 54.3 Å². The van der Waals surface area contributed by atoms with Gasteiger partial charge in [0.25, 0.3) is 0 Å². The van der Waals surface area contributed by atoms with Gasteiger partial charge in [-0.15, -0.1) is 0 Å². The number of aromatic amines is 1. The van der Waals surface area contributed by atoms with Crippen LogP contribution in [0.4, 0.5) is 5.69 Å². The van der Waals surface area contributed by atoms with Crippen LogP contribution in [0.1, 0.15) is 12.7 Å². The molecule has 1 saturated heterocycles. The van der Waals surface area contributed by atoms with Gasteiger partial charge in [0, 0.05) is 26.2 Å². The maximum Gasteiger partial charge on any atom is 0.152 e. The summed E-state index contributed by atoms with van der Waals surface area (Å²) in [7, 11) is 0. The lowest BCUT2D eigenvalue weighted by Crippen LogP contribution is -2.47. The van der Waals surface area contributed by atoms with Crippen LogP contribution in [0.25, 0.3) is 16.6 Å². The summed E-state index contributed by atoms with van der Waals surface area (Å²) in [6.07, 6.45) is 0. The van der Waals surface area contributed by atoms with Gasteiger partial charge in [0.05, 0.1) is 29.9 Å². The number of allylic oxidation sites excluding steroid dienone is 1. The number of aliphatic hydroxyl groups is 1. The highest BCUT2D eigenvalue weighted by atomic mass is 16.5. The molecule has 154 valence electrons. The third kappa shape index (κ3) is 4.09. The van der Waals surface area contributed by atoms with Crippen LogP contribution in [0.5, 0.6) is 5.75 Å². The number of H-pyrrole nitrogens is 1. The number of anilines is 1. The number of nitrogens with zero attached hydrogens (tertiary/aromatic N) is 4. The van der Waals surface area contributed by atoms with E-state index in [4.69, 9.17) is 4.74 Å². The lowest BCUT2D eigenvalue weighted by molar-refractivity contribution is 0.238. The largest absolute Gasteiger partial charge is 0.509 e. The predicted octanol–water partition coefficient (Wildman–Crippen LogP) is 3.58. The third-order valence-electron chi connectivity index (χ3n) is 5.28. The zero-order valence-corrected chi connectivity index (χ0v) is 17.0. The fourth-order valence-corrected chi connectivity index (χ4v) is 3.76. The molecule has 0 aliphatic carbocycles. The number of nitrogens with one attached hydrogen (secondary N) is 1. The lowest BCUT2D eigenvalue weighted by atomic mass is 10.2. The summed E-state index contributed by atoms with van der Waals surface area (Å²) >= 11 is 0. The summed E-state index contributed by atoms with van der Waals surface area (Å²) in [5.41, 5.74) is 2.90. The van der Waals surface area contributed by atoms with Gasteiger partial charge in [-0.2, -0.15) is 5.26 Å². The highest BCUT2D eigenvalue weighted by Gasteiger charge is 2.22. The minimum atomic E-state index is 0.0414. The molecule has 1 aromatic heterocycles. The van der Waals surface area contributed by atoms with Gasteiger partial charge in [-0.1, -0.05) is 24.3 Å². The van der Waals surface area contributed by atoms with E-state index in [0.29, 0.717) is 19.0 Å². The molecule has 0 spiro atoms. The number of ether oxygens (including phenoxy) is 1. The highest BCUT2D eigenvalue weighted by molar-refractivity contribution is 5.82. The molecular formula is C23H25N5O2. The van der Waals surface area contributed by atoms with Crippen molar-refractivity contribution in [2.24, 2.45) is 0 Å². The van der Waals surface area contributed by atoms with E-state index in [0.717, 1.165) is 48.6 Å². The molecule has 0 radical (unpaired) electrons. The van der Waals surface area contributed by atoms with Crippen molar-refractivity contribution in [3.05, 3.63) is 60.1 Å². The summed E-state index contributed by atoms with van der Waals surface area (Å²) < 4.78 is 5.75. The van der Waals surface area contributed by atoms with E-state index >= 15 is 0 Å². The van der Waals surface area contributed by atoms with Gasteiger partial charge in [-0.3, -0.25) is 4.90 Å². The molecule has 0 unspecified atom stereocenters. The van der Waals surface area contributed by atoms with Crippen LogP contribution >= 0.6 is 0 Å². The van der Waals surface area contributed by atoms with Gasteiger partial charge < -0.3 is 19.7 Å². The number of aliphatic hydroxyl groups excluding tert-OH is 1. The molecule has 0 saturated carbocycles. The van der Waals surface area contributed by atoms with Crippen LogP contribution in [-0.4, -0.2) is 59.3 Å². The van der Waals surface area contributed by atoms with Crippen LogP contribution < -0.4 is 9.64 Å². The molecule has 1 aliphatic heterocycles. The van der Waals surface area contributed by atoms with E-state index in [1.165, 1.54) is 0 Å². The lowest BCUT2D eigenvalue weighted by Gasteiger charge is -2.36. The van der Waals surface area contributed by atoms with E-state index in [1.807, 2.05) is 49.4 Å². The molecule has 30 heavy (non-hydrogen) atoms. The predicted molar refractivity (Wildman–Crippen MR) is 118 cm³/mol. The fourth-order valence-electron chi connectivity index (χ4n) is 3.76. The molecule has 2 heterocycles. The average Bonchev–Trinajstić information content (AvgIpc) is 3.19. The van der Waals surface area contributed by atoms with E-state index in [1.54, 1.807) is 0 Å². The number of hydrogen-bond acceptors (Lipinski definition) is 6. The van der Waals surface area contributed by atoms with Crippen LogP contribution in [0.3, 0.4) is 0 Å². The quantitative estimate of drug-likeness (QED) is 0.483. The first kappa shape index (κ1) is 19.8. The zero-order valence-electron chi connectivity index (χ0n) is 17.0. The Labute approximate surface area is 175 Å². The minimum absolute atomic E-state index is 0.0414. The molecule has 7 heteroatoms. The molecule has 3 aromatic rings. The van der Waals surface area contributed by atoms with Crippen LogP contribution in [-0.2, 0) is 0 Å². The monoisotopic (exact) mass is 403 g/mol. The Balaban J connectivity index is 1.44. The second kappa shape index (κ2) is 8.89. The number of piperazine rings is 1. The van der Waals surface area contributed by atoms with Crippen molar-refractivity contribution in [1.82, 2.24) is 14.9 Å². The Morgan fingerprint density at radius 1 is 1.13 bits per heavy atom. The number of benzene rings is 2. The summed E-state index contributed by atoms with van der Waals surface area (Å²) in [4.78, 5) is 12.0. The Hall–Kier alpha value is -3.50.